The minimum absolute atomic E-state index is 0.143. The number of hydrogen-bond donors (Lipinski definition) is 0. The molecule has 3 aliphatic carbocycles. The topological polar surface area (TPSA) is 68.2 Å². The fraction of sp³-hybridized carbons (Fsp3) is 0.276. The summed E-state index contributed by atoms with van der Waals surface area (Å²) in [6.45, 7) is 0.375. The van der Waals surface area contributed by atoms with Gasteiger partial charge in [-0.3, -0.25) is 9.59 Å². The molecule has 1 aliphatic heterocycles. The Kier molecular flexibility index (Phi) is 5.88. The summed E-state index contributed by atoms with van der Waals surface area (Å²) in [5, 5.41) is 7.68. The van der Waals surface area contributed by atoms with Gasteiger partial charge in [0.1, 0.15) is 6.61 Å². The van der Waals surface area contributed by atoms with Crippen LogP contribution in [0.3, 0.4) is 0 Å². The predicted octanol–water partition coefficient (Wildman–Crippen LogP) is 5.72. The number of allylic oxidation sites excluding steroid dienone is 2. The molecule has 0 N–H and O–H groups in total. The summed E-state index contributed by atoms with van der Waals surface area (Å²) in [7, 11) is 1.58. The monoisotopic (exact) mass is 544 g/mol. The number of hydrazone groups is 1. The Balaban J connectivity index is 1.22. The average molecular weight is 545 g/mol. The van der Waals surface area contributed by atoms with E-state index in [2.05, 4.69) is 51.4 Å². The number of hydrogen-bond acceptors (Lipinski definition) is 5. The molecule has 3 aromatic carbocycles. The van der Waals surface area contributed by atoms with Gasteiger partial charge in [0.15, 0.2) is 11.5 Å². The first kappa shape index (κ1) is 23.0. The second kappa shape index (κ2) is 9.21. The first-order valence-corrected chi connectivity index (χ1v) is 12.9. The van der Waals surface area contributed by atoms with Crippen molar-refractivity contribution >= 4 is 44.7 Å². The van der Waals surface area contributed by atoms with E-state index < -0.39 is 0 Å². The van der Waals surface area contributed by atoms with Gasteiger partial charge in [-0.2, -0.15) is 10.1 Å². The summed E-state index contributed by atoms with van der Waals surface area (Å²) in [4.78, 5) is 26.0. The molecule has 36 heavy (non-hydrogen) atoms. The van der Waals surface area contributed by atoms with Crippen molar-refractivity contribution in [2.24, 2.45) is 28.8 Å². The van der Waals surface area contributed by atoms with Crippen LogP contribution in [0.15, 0.2) is 76.3 Å². The van der Waals surface area contributed by atoms with E-state index in [0.717, 1.165) is 34.2 Å². The highest BCUT2D eigenvalue weighted by atomic mass is 79.9. The van der Waals surface area contributed by atoms with E-state index in [-0.39, 0.29) is 35.5 Å². The number of imide groups is 1. The lowest BCUT2D eigenvalue weighted by Crippen LogP contribution is -2.38. The van der Waals surface area contributed by atoms with Gasteiger partial charge in [0.05, 0.1) is 29.6 Å². The smallest absolute Gasteiger partial charge is 0.254 e. The van der Waals surface area contributed by atoms with Crippen LogP contribution in [-0.2, 0) is 16.2 Å². The summed E-state index contributed by atoms with van der Waals surface area (Å²) in [5.41, 5.74) is 1.76. The van der Waals surface area contributed by atoms with Crippen LogP contribution in [-0.4, -0.2) is 30.1 Å². The van der Waals surface area contributed by atoms with Gasteiger partial charge >= 0.3 is 0 Å². The lowest BCUT2D eigenvalue weighted by Gasteiger charge is -2.37. The molecule has 1 heterocycles. The zero-order valence-corrected chi connectivity index (χ0v) is 21.4. The number of fused-ring (bicyclic) bond motifs is 2. The summed E-state index contributed by atoms with van der Waals surface area (Å²) >= 11 is 3.59. The molecule has 0 aromatic heterocycles. The van der Waals surface area contributed by atoms with Crippen LogP contribution in [0.4, 0.5) is 0 Å². The van der Waals surface area contributed by atoms with Crippen LogP contribution >= 0.6 is 15.9 Å². The highest BCUT2D eigenvalue weighted by molar-refractivity contribution is 9.10. The normalized spacial score (nSPS) is 24.7. The Morgan fingerprint density at radius 1 is 1.00 bits per heavy atom. The Morgan fingerprint density at radius 2 is 1.69 bits per heavy atom. The molecule has 1 saturated carbocycles. The van der Waals surface area contributed by atoms with Gasteiger partial charge in [-0.15, -0.1) is 0 Å². The molecule has 6 nitrogen and oxygen atoms in total. The average Bonchev–Trinajstić information content (AvgIpc) is 3.18. The molecule has 2 fully saturated rings. The zero-order chi connectivity index (χ0) is 24.8. The quantitative estimate of drug-likeness (QED) is 0.226. The number of nitrogens with zero attached hydrogens (tertiary/aromatic N) is 2. The van der Waals surface area contributed by atoms with Gasteiger partial charge in [0.25, 0.3) is 11.8 Å². The standard InChI is InChI=1S/C29H25BrN2O4/c1-35-24-14-17(15-31-32-28(33)25-19-9-10-20(12-11-19)26(25)29(32)34)13-23(30)27(24)36-16-21-7-4-6-18-5-2-3-8-22(18)21/h2-10,13-15,19-20,25-26H,11-12,16H2,1H3/b31-15-/t19-,20-,25-,26+/m0/s1. The first-order valence-electron chi connectivity index (χ1n) is 12.1. The number of amides is 2. The second-order valence-corrected chi connectivity index (χ2v) is 10.4. The third-order valence-corrected chi connectivity index (χ3v) is 8.15. The number of carbonyl (C=O) groups is 2. The molecule has 7 heteroatoms. The van der Waals surface area contributed by atoms with E-state index in [1.54, 1.807) is 13.2 Å². The van der Waals surface area contributed by atoms with Crippen molar-refractivity contribution in [1.82, 2.24) is 5.01 Å². The maximum Gasteiger partial charge on any atom is 0.254 e. The van der Waals surface area contributed by atoms with Gasteiger partial charge in [0, 0.05) is 0 Å². The number of ether oxygens (including phenoxy) is 2. The fourth-order valence-corrected chi connectivity index (χ4v) is 6.39. The largest absolute Gasteiger partial charge is 0.493 e. The Hall–Kier alpha value is -3.45. The number of methoxy groups -OCH3 is 1. The van der Waals surface area contributed by atoms with Crippen LogP contribution in [0.1, 0.15) is 24.0 Å². The van der Waals surface area contributed by atoms with Crippen molar-refractivity contribution in [3.05, 3.63) is 82.3 Å². The molecule has 0 radical (unpaired) electrons. The van der Waals surface area contributed by atoms with Crippen LogP contribution in [0.25, 0.3) is 10.8 Å². The van der Waals surface area contributed by atoms with Crippen LogP contribution in [0.2, 0.25) is 0 Å². The van der Waals surface area contributed by atoms with Crippen molar-refractivity contribution in [1.29, 1.82) is 0 Å². The molecule has 3 aromatic rings. The van der Waals surface area contributed by atoms with E-state index in [0.29, 0.717) is 28.1 Å². The number of benzene rings is 3. The molecule has 0 unspecified atom stereocenters. The van der Waals surface area contributed by atoms with E-state index in [4.69, 9.17) is 9.47 Å². The molecular weight excluding hydrogens is 520 g/mol. The third kappa shape index (κ3) is 3.82. The van der Waals surface area contributed by atoms with Crippen LogP contribution in [0, 0.1) is 23.7 Å². The van der Waals surface area contributed by atoms with E-state index >= 15 is 0 Å². The Morgan fingerprint density at radius 3 is 2.39 bits per heavy atom. The highest BCUT2D eigenvalue weighted by Gasteiger charge is 2.56. The fourth-order valence-electron chi connectivity index (χ4n) is 5.82. The molecule has 1 saturated heterocycles. The lowest BCUT2D eigenvalue weighted by atomic mass is 9.63. The van der Waals surface area contributed by atoms with Crippen LogP contribution in [0.5, 0.6) is 11.5 Å². The van der Waals surface area contributed by atoms with E-state index in [9.17, 15) is 9.59 Å². The predicted molar refractivity (Wildman–Crippen MR) is 141 cm³/mol. The molecule has 4 aliphatic rings. The number of halogens is 1. The highest BCUT2D eigenvalue weighted by Crippen LogP contribution is 2.49. The second-order valence-electron chi connectivity index (χ2n) is 9.54. The SMILES string of the molecule is COc1cc(/C=N\N2C(=O)[C@@H]3[C@H](C2=O)[C@H]2C=C[C@H]3CC2)cc(Br)c1OCc1cccc2ccccc12. The van der Waals surface area contributed by atoms with E-state index in [1.807, 2.05) is 30.3 Å². The summed E-state index contributed by atoms with van der Waals surface area (Å²) in [5.74, 6) is 0.454. The Bertz CT molecular complexity index is 1390. The van der Waals surface area contributed by atoms with E-state index in [1.165, 1.54) is 6.21 Å². The van der Waals surface area contributed by atoms with Crippen LogP contribution < -0.4 is 9.47 Å². The summed E-state index contributed by atoms with van der Waals surface area (Å²) in [6, 6.07) is 18.0. The molecule has 7 rings (SSSR count). The lowest BCUT2D eigenvalue weighted by molar-refractivity contribution is -0.140. The molecule has 2 amide bonds. The molecule has 2 bridgehead atoms. The maximum absolute atomic E-state index is 13.0. The van der Waals surface area contributed by atoms with Gasteiger partial charge in [0.2, 0.25) is 0 Å². The van der Waals surface area contributed by atoms with Crippen molar-refractivity contribution in [3.63, 3.8) is 0 Å². The minimum atomic E-state index is -0.274. The van der Waals surface area contributed by atoms with Crippen molar-refractivity contribution in [2.75, 3.05) is 7.11 Å². The molecular formula is C29H25BrN2O4. The zero-order valence-electron chi connectivity index (χ0n) is 19.8. The van der Waals surface area contributed by atoms with Gasteiger partial charge < -0.3 is 9.47 Å². The van der Waals surface area contributed by atoms with Crippen molar-refractivity contribution < 1.29 is 19.1 Å². The first-order chi connectivity index (χ1) is 17.5. The Labute approximate surface area is 217 Å². The van der Waals surface area contributed by atoms with Gasteiger partial charge in [-0.25, -0.2) is 0 Å². The molecule has 0 spiro atoms. The third-order valence-electron chi connectivity index (χ3n) is 7.56. The number of rotatable bonds is 6. The van der Waals surface area contributed by atoms with Crippen molar-refractivity contribution in [3.8, 4) is 11.5 Å². The summed E-state index contributed by atoms with van der Waals surface area (Å²) < 4.78 is 12.5. The van der Waals surface area contributed by atoms with Gasteiger partial charge in [-0.1, -0.05) is 54.6 Å². The summed E-state index contributed by atoms with van der Waals surface area (Å²) in [6.07, 6.45) is 7.66. The molecule has 182 valence electrons. The van der Waals surface area contributed by atoms with Gasteiger partial charge in [-0.05, 0) is 74.6 Å². The molecule has 4 atom stereocenters. The minimum Gasteiger partial charge on any atom is -0.493 e. The van der Waals surface area contributed by atoms with Crippen molar-refractivity contribution in [2.45, 2.75) is 19.4 Å². The maximum atomic E-state index is 13.0. The number of carbonyl (C=O) groups excluding carboxylic acids is 2.